The number of nitrogens with zero attached hydrogens (tertiary/aromatic N) is 3. The van der Waals surface area contributed by atoms with Gasteiger partial charge in [0.15, 0.2) is 0 Å². The number of pyridine rings is 1. The molecule has 2 heterocycles. The molecular formula is C21H33N3O3. The first-order valence-electron chi connectivity index (χ1n) is 10.2. The van der Waals surface area contributed by atoms with Gasteiger partial charge in [-0.05, 0) is 62.6 Å². The molecule has 150 valence electrons. The van der Waals surface area contributed by atoms with Gasteiger partial charge in [0.2, 0.25) is 0 Å². The fourth-order valence-electron chi connectivity index (χ4n) is 4.52. The molecule has 0 aromatic carbocycles. The number of piperidine rings is 1. The van der Waals surface area contributed by atoms with Gasteiger partial charge in [0.1, 0.15) is 11.4 Å². The first kappa shape index (κ1) is 20.1. The highest BCUT2D eigenvalue weighted by atomic mass is 16.4. The second-order valence-electron chi connectivity index (χ2n) is 8.63. The molecule has 1 aliphatic carbocycles. The Morgan fingerprint density at radius 1 is 1.30 bits per heavy atom. The first-order valence-corrected chi connectivity index (χ1v) is 10.2. The molecule has 0 radical (unpaired) electrons. The van der Waals surface area contributed by atoms with Crippen LogP contribution in [0, 0.1) is 11.8 Å². The summed E-state index contributed by atoms with van der Waals surface area (Å²) in [7, 11) is 2.06. The number of likely N-dealkylation sites (N-methyl/N-ethyl adjacent to an activating group) is 1. The molecular weight excluding hydrogens is 342 g/mol. The summed E-state index contributed by atoms with van der Waals surface area (Å²) < 4.78 is 0. The fourth-order valence-corrected chi connectivity index (χ4v) is 4.52. The van der Waals surface area contributed by atoms with Crippen molar-refractivity contribution in [3.8, 4) is 0 Å². The molecule has 1 unspecified atom stereocenters. The van der Waals surface area contributed by atoms with Crippen molar-refractivity contribution in [1.29, 1.82) is 0 Å². The van der Waals surface area contributed by atoms with Crippen LogP contribution in [0.4, 0.5) is 5.82 Å². The summed E-state index contributed by atoms with van der Waals surface area (Å²) in [5.41, 5.74) is 2.48. The molecule has 2 aliphatic rings. The molecule has 2 N–H and O–H groups in total. The normalized spacial score (nSPS) is 19.0. The lowest BCUT2D eigenvalue weighted by atomic mass is 9.90. The number of rotatable bonds is 7. The molecule has 1 aromatic rings. The summed E-state index contributed by atoms with van der Waals surface area (Å²) >= 11 is 0. The van der Waals surface area contributed by atoms with Gasteiger partial charge in [-0.15, -0.1) is 0 Å². The third-order valence-electron chi connectivity index (χ3n) is 5.82. The minimum Gasteiger partial charge on any atom is -0.478 e. The Balaban J connectivity index is 1.63. The molecule has 1 aromatic heterocycles. The number of aliphatic hydroxyl groups is 1. The largest absolute Gasteiger partial charge is 0.478 e. The molecule has 6 heteroatoms. The lowest BCUT2D eigenvalue weighted by Crippen LogP contribution is -2.43. The van der Waals surface area contributed by atoms with E-state index in [0.29, 0.717) is 23.8 Å². The molecule has 0 bridgehead atoms. The van der Waals surface area contributed by atoms with Gasteiger partial charge in [0.05, 0.1) is 6.10 Å². The molecule has 0 saturated carbocycles. The van der Waals surface area contributed by atoms with E-state index in [4.69, 9.17) is 4.98 Å². The van der Waals surface area contributed by atoms with E-state index in [1.54, 1.807) is 0 Å². The summed E-state index contributed by atoms with van der Waals surface area (Å²) in [4.78, 5) is 20.8. The van der Waals surface area contributed by atoms with Gasteiger partial charge in [0.25, 0.3) is 0 Å². The van der Waals surface area contributed by atoms with Gasteiger partial charge < -0.3 is 20.0 Å². The van der Waals surface area contributed by atoms with Crippen LogP contribution >= 0.6 is 0 Å². The second-order valence-corrected chi connectivity index (χ2v) is 8.63. The van der Waals surface area contributed by atoms with E-state index in [1.807, 2.05) is 6.07 Å². The van der Waals surface area contributed by atoms with Crippen LogP contribution in [-0.2, 0) is 12.8 Å². The topological polar surface area (TPSA) is 76.9 Å². The summed E-state index contributed by atoms with van der Waals surface area (Å²) in [6, 6.07) is 1.83. The average molecular weight is 376 g/mol. The maximum Gasteiger partial charge on any atom is 0.339 e. The number of anilines is 1. The molecule has 27 heavy (non-hydrogen) atoms. The summed E-state index contributed by atoms with van der Waals surface area (Å²) in [6.07, 6.45) is 4.34. The van der Waals surface area contributed by atoms with Crippen molar-refractivity contribution in [2.24, 2.45) is 11.8 Å². The van der Waals surface area contributed by atoms with E-state index in [0.717, 1.165) is 63.0 Å². The molecule has 6 nitrogen and oxygen atoms in total. The number of aromatic nitrogens is 1. The van der Waals surface area contributed by atoms with Crippen LogP contribution in [-0.4, -0.2) is 65.4 Å². The summed E-state index contributed by atoms with van der Waals surface area (Å²) in [6.45, 7) is 7.55. The predicted molar refractivity (Wildman–Crippen MR) is 107 cm³/mol. The highest BCUT2D eigenvalue weighted by molar-refractivity contribution is 5.93. The third kappa shape index (κ3) is 4.79. The average Bonchev–Trinajstić information content (AvgIpc) is 3.07. The van der Waals surface area contributed by atoms with Crippen LogP contribution in [0.2, 0.25) is 0 Å². The van der Waals surface area contributed by atoms with Crippen molar-refractivity contribution < 1.29 is 15.0 Å². The predicted octanol–water partition coefficient (Wildman–Crippen LogP) is 2.43. The second kappa shape index (κ2) is 8.57. The van der Waals surface area contributed by atoms with Crippen LogP contribution < -0.4 is 4.90 Å². The maximum absolute atomic E-state index is 11.7. The lowest BCUT2D eigenvalue weighted by molar-refractivity contribution is 0.0578. The number of hydrogen-bond acceptors (Lipinski definition) is 5. The van der Waals surface area contributed by atoms with Crippen molar-refractivity contribution in [3.05, 3.63) is 22.9 Å². The van der Waals surface area contributed by atoms with E-state index in [1.165, 1.54) is 0 Å². The zero-order valence-electron chi connectivity index (χ0n) is 16.8. The van der Waals surface area contributed by atoms with Crippen molar-refractivity contribution in [2.75, 3.05) is 38.1 Å². The van der Waals surface area contributed by atoms with Gasteiger partial charge in [-0.1, -0.05) is 13.8 Å². The monoisotopic (exact) mass is 375 g/mol. The Kier molecular flexibility index (Phi) is 6.37. The Hall–Kier alpha value is -1.66. The Labute approximate surface area is 162 Å². The van der Waals surface area contributed by atoms with Gasteiger partial charge >= 0.3 is 5.97 Å². The number of carboxylic acids is 1. The lowest BCUT2D eigenvalue weighted by Gasteiger charge is -2.36. The number of aryl methyl sites for hydroxylation is 2. The highest BCUT2D eigenvalue weighted by Crippen LogP contribution is 2.31. The van der Waals surface area contributed by atoms with Gasteiger partial charge in [0, 0.05) is 31.9 Å². The van der Waals surface area contributed by atoms with Gasteiger partial charge in [-0.2, -0.15) is 0 Å². The smallest absolute Gasteiger partial charge is 0.339 e. The molecule has 0 spiro atoms. The SMILES string of the molecule is CC(C)CN(C)CC(O)C1CCN(c2nc3c(cc2C(=O)O)CCC3)CC1. The maximum atomic E-state index is 11.7. The van der Waals surface area contributed by atoms with Crippen molar-refractivity contribution in [3.63, 3.8) is 0 Å². The van der Waals surface area contributed by atoms with Crippen LogP contribution in [0.3, 0.4) is 0 Å². The Morgan fingerprint density at radius 2 is 2.00 bits per heavy atom. The van der Waals surface area contributed by atoms with E-state index in [2.05, 4.69) is 30.7 Å². The van der Waals surface area contributed by atoms with E-state index in [-0.39, 0.29) is 12.0 Å². The zero-order chi connectivity index (χ0) is 19.6. The zero-order valence-corrected chi connectivity index (χ0v) is 16.8. The molecule has 1 fully saturated rings. The third-order valence-corrected chi connectivity index (χ3v) is 5.82. The Morgan fingerprint density at radius 3 is 2.63 bits per heavy atom. The number of hydrogen-bond donors (Lipinski definition) is 2. The number of aromatic carboxylic acids is 1. The van der Waals surface area contributed by atoms with Crippen LogP contribution in [0.1, 0.15) is 54.7 Å². The molecule has 0 amide bonds. The van der Waals surface area contributed by atoms with E-state index < -0.39 is 5.97 Å². The number of carboxylic acid groups (broad SMARTS) is 1. The fraction of sp³-hybridized carbons (Fsp3) is 0.714. The molecule has 1 aliphatic heterocycles. The first-order chi connectivity index (χ1) is 12.8. The van der Waals surface area contributed by atoms with Crippen LogP contribution in [0.15, 0.2) is 6.07 Å². The van der Waals surface area contributed by atoms with E-state index in [9.17, 15) is 15.0 Å². The molecule has 1 atom stereocenters. The summed E-state index contributed by atoms with van der Waals surface area (Å²) in [5, 5.41) is 20.2. The highest BCUT2D eigenvalue weighted by Gasteiger charge is 2.29. The minimum absolute atomic E-state index is 0.263. The van der Waals surface area contributed by atoms with Gasteiger partial charge in [-0.25, -0.2) is 9.78 Å². The molecule has 1 saturated heterocycles. The minimum atomic E-state index is -0.898. The van der Waals surface area contributed by atoms with Crippen LogP contribution in [0.5, 0.6) is 0 Å². The number of carbonyl (C=O) groups is 1. The summed E-state index contributed by atoms with van der Waals surface area (Å²) in [5.74, 6) is 0.570. The quantitative estimate of drug-likeness (QED) is 0.762. The van der Waals surface area contributed by atoms with Crippen molar-refractivity contribution >= 4 is 11.8 Å². The van der Waals surface area contributed by atoms with Gasteiger partial charge in [-0.3, -0.25) is 0 Å². The molecule has 3 rings (SSSR count). The van der Waals surface area contributed by atoms with Crippen molar-refractivity contribution in [2.45, 2.75) is 52.1 Å². The van der Waals surface area contributed by atoms with Crippen LogP contribution in [0.25, 0.3) is 0 Å². The standard InChI is InChI=1S/C21H33N3O3/c1-14(2)12-23(3)13-19(25)15-7-9-24(10-8-15)20-17(21(26)27)11-16-5-4-6-18(16)22-20/h11,14-15,19,25H,4-10,12-13H2,1-3H3,(H,26,27). The number of aliphatic hydroxyl groups excluding tert-OH is 1. The van der Waals surface area contributed by atoms with Crippen molar-refractivity contribution in [1.82, 2.24) is 9.88 Å². The Bertz CT molecular complexity index is 669. The van der Waals surface area contributed by atoms with E-state index >= 15 is 0 Å². The number of fused-ring (bicyclic) bond motifs is 1.